The van der Waals surface area contributed by atoms with E-state index in [2.05, 4.69) is 39.1 Å². The number of hydrogen-bond acceptors (Lipinski definition) is 3. The summed E-state index contributed by atoms with van der Waals surface area (Å²) in [5.74, 6) is 2.13. The van der Waals surface area contributed by atoms with Gasteiger partial charge in [-0.25, -0.2) is 0 Å². The smallest absolute Gasteiger partial charge is 0.139 e. The lowest BCUT2D eigenvalue weighted by molar-refractivity contribution is -0.129. The van der Waals surface area contributed by atoms with Crippen molar-refractivity contribution in [2.75, 3.05) is 6.54 Å². The van der Waals surface area contributed by atoms with Crippen LogP contribution in [0.15, 0.2) is 28.4 Å². The molecule has 2 fully saturated rings. The molecule has 2 unspecified atom stereocenters. The standard InChI is InChI=1S/C20H24N6O/c1-20-9-8-15-14-4-3-13(18(24-26-22)11-23-25-21)10-12(14)2-5-16(15)17(20)6-7-19(20)27/h3-4,10,15-18H,2,5-9,11H2,1H3/t15-,16-,17?,18?,20+/m1/s1. The summed E-state index contributed by atoms with van der Waals surface area (Å²) in [7, 11) is 0. The minimum Gasteiger partial charge on any atom is -0.299 e. The van der Waals surface area contributed by atoms with Gasteiger partial charge in [-0.15, -0.1) is 0 Å². The van der Waals surface area contributed by atoms with Gasteiger partial charge in [-0.05, 0) is 77.6 Å². The third-order valence-electron chi connectivity index (χ3n) is 7.35. The van der Waals surface area contributed by atoms with Gasteiger partial charge in [0.05, 0.1) is 6.04 Å². The molecule has 140 valence electrons. The molecule has 0 aromatic heterocycles. The lowest BCUT2D eigenvalue weighted by Crippen LogP contribution is -2.42. The van der Waals surface area contributed by atoms with Gasteiger partial charge in [0, 0.05) is 28.2 Å². The van der Waals surface area contributed by atoms with Crippen molar-refractivity contribution in [2.45, 2.75) is 57.4 Å². The first kappa shape index (κ1) is 17.9. The van der Waals surface area contributed by atoms with E-state index >= 15 is 0 Å². The summed E-state index contributed by atoms with van der Waals surface area (Å²) in [5, 5.41) is 7.38. The van der Waals surface area contributed by atoms with Crippen molar-refractivity contribution in [1.29, 1.82) is 0 Å². The molecule has 0 saturated heterocycles. The predicted octanol–water partition coefficient (Wildman–Crippen LogP) is 5.77. The number of hydrogen-bond donors (Lipinski definition) is 0. The molecule has 1 aromatic rings. The lowest BCUT2D eigenvalue weighted by Gasteiger charge is -2.48. The Morgan fingerprint density at radius 2 is 2.07 bits per heavy atom. The van der Waals surface area contributed by atoms with Crippen molar-refractivity contribution < 1.29 is 4.79 Å². The summed E-state index contributed by atoms with van der Waals surface area (Å²) < 4.78 is 0. The first-order valence-corrected chi connectivity index (χ1v) is 9.79. The molecule has 0 radical (unpaired) electrons. The number of fused-ring (bicyclic) bond motifs is 5. The van der Waals surface area contributed by atoms with Crippen molar-refractivity contribution in [3.8, 4) is 0 Å². The van der Waals surface area contributed by atoms with Gasteiger partial charge in [0.25, 0.3) is 0 Å². The third-order valence-corrected chi connectivity index (χ3v) is 7.35. The lowest BCUT2D eigenvalue weighted by atomic mass is 9.55. The second kappa shape index (κ2) is 6.91. The summed E-state index contributed by atoms with van der Waals surface area (Å²) in [6, 6.07) is 5.86. The van der Waals surface area contributed by atoms with Crippen molar-refractivity contribution in [1.82, 2.24) is 0 Å². The highest BCUT2D eigenvalue weighted by atomic mass is 16.1. The van der Waals surface area contributed by atoms with Crippen LogP contribution in [0.3, 0.4) is 0 Å². The third kappa shape index (κ3) is 2.88. The fourth-order valence-electron chi connectivity index (χ4n) is 5.97. The molecule has 0 bridgehead atoms. The van der Waals surface area contributed by atoms with E-state index in [0.717, 1.165) is 44.1 Å². The van der Waals surface area contributed by atoms with Crippen LogP contribution < -0.4 is 0 Å². The van der Waals surface area contributed by atoms with E-state index in [1.54, 1.807) is 0 Å². The summed E-state index contributed by atoms with van der Waals surface area (Å²) in [6.45, 7) is 2.33. The van der Waals surface area contributed by atoms with Gasteiger partial charge in [-0.2, -0.15) is 0 Å². The molecule has 0 spiro atoms. The van der Waals surface area contributed by atoms with Crippen LogP contribution in [0.4, 0.5) is 0 Å². The number of benzene rings is 1. The highest BCUT2D eigenvalue weighted by Crippen LogP contribution is 2.59. The molecule has 7 heteroatoms. The maximum atomic E-state index is 12.4. The highest BCUT2D eigenvalue weighted by molar-refractivity contribution is 5.87. The molecule has 3 aliphatic carbocycles. The largest absolute Gasteiger partial charge is 0.299 e. The van der Waals surface area contributed by atoms with Gasteiger partial charge in [-0.3, -0.25) is 4.79 Å². The first-order valence-electron chi connectivity index (χ1n) is 9.79. The average molecular weight is 364 g/mol. The molecule has 27 heavy (non-hydrogen) atoms. The summed E-state index contributed by atoms with van der Waals surface area (Å²) in [6.07, 6.45) is 6.00. The number of nitrogens with zero attached hydrogens (tertiary/aromatic N) is 6. The molecule has 7 nitrogen and oxygen atoms in total. The normalized spacial score (nSPS) is 32.3. The van der Waals surface area contributed by atoms with E-state index < -0.39 is 6.04 Å². The monoisotopic (exact) mass is 364 g/mol. The van der Waals surface area contributed by atoms with Gasteiger partial charge >= 0.3 is 0 Å². The van der Waals surface area contributed by atoms with Crippen LogP contribution in [0.5, 0.6) is 0 Å². The molecule has 0 N–H and O–H groups in total. The van der Waals surface area contributed by atoms with Gasteiger partial charge < -0.3 is 0 Å². The van der Waals surface area contributed by atoms with E-state index in [9.17, 15) is 4.79 Å². The topological polar surface area (TPSA) is 115 Å². The summed E-state index contributed by atoms with van der Waals surface area (Å²) >= 11 is 0. The number of rotatable bonds is 4. The predicted molar refractivity (Wildman–Crippen MR) is 102 cm³/mol. The van der Waals surface area contributed by atoms with E-state index in [-0.39, 0.29) is 12.0 Å². The zero-order valence-electron chi connectivity index (χ0n) is 15.6. The fraction of sp³-hybridized carbons (Fsp3) is 0.650. The van der Waals surface area contributed by atoms with Crippen molar-refractivity contribution >= 4 is 5.78 Å². The maximum absolute atomic E-state index is 12.4. The van der Waals surface area contributed by atoms with Gasteiger partial charge in [0.15, 0.2) is 0 Å². The van der Waals surface area contributed by atoms with Crippen LogP contribution in [0.2, 0.25) is 0 Å². The zero-order valence-corrected chi connectivity index (χ0v) is 15.6. The minimum atomic E-state index is -0.462. The van der Waals surface area contributed by atoms with Crippen LogP contribution in [0.25, 0.3) is 20.9 Å². The Hall–Kier alpha value is -2.49. The van der Waals surface area contributed by atoms with Crippen LogP contribution in [0.1, 0.15) is 67.7 Å². The molecular formula is C20H24N6O. The Kier molecular flexibility index (Phi) is 4.58. The number of aryl methyl sites for hydroxylation is 1. The van der Waals surface area contributed by atoms with E-state index in [0.29, 0.717) is 23.5 Å². The van der Waals surface area contributed by atoms with Crippen molar-refractivity contribution in [2.24, 2.45) is 27.5 Å². The molecule has 0 amide bonds. The second-order valence-corrected chi connectivity index (χ2v) is 8.43. The molecule has 3 aliphatic rings. The number of Topliss-reactive ketones (excluding diaryl/α,β-unsaturated/α-hetero) is 1. The Labute approximate surface area is 158 Å². The number of azide groups is 2. The van der Waals surface area contributed by atoms with Gasteiger partial charge in [-0.1, -0.05) is 35.4 Å². The Bertz CT molecular complexity index is 869. The van der Waals surface area contributed by atoms with Crippen LogP contribution in [-0.2, 0) is 11.2 Å². The average Bonchev–Trinajstić information content (AvgIpc) is 2.99. The number of carbonyl (C=O) groups is 1. The van der Waals surface area contributed by atoms with E-state index in [4.69, 9.17) is 11.1 Å². The quantitative estimate of drug-likeness (QED) is 0.376. The second-order valence-electron chi connectivity index (χ2n) is 8.43. The van der Waals surface area contributed by atoms with Crippen LogP contribution in [0, 0.1) is 17.3 Å². The summed E-state index contributed by atoms with van der Waals surface area (Å²) in [4.78, 5) is 18.1. The Morgan fingerprint density at radius 3 is 2.85 bits per heavy atom. The molecule has 1 aromatic carbocycles. The van der Waals surface area contributed by atoms with Gasteiger partial charge in [0.2, 0.25) is 0 Å². The van der Waals surface area contributed by atoms with Crippen LogP contribution in [-0.4, -0.2) is 12.3 Å². The molecule has 4 rings (SSSR count). The van der Waals surface area contributed by atoms with Gasteiger partial charge in [0.1, 0.15) is 5.78 Å². The number of carbonyl (C=O) groups excluding carboxylic acids is 1. The minimum absolute atomic E-state index is 0.0967. The SMILES string of the molecule is C[C@]12CC[C@@H]3c4ccc(C(CN=[N+]=[N-])N=[N+]=[N-])cc4CC[C@H]3C1CCC2=O. The van der Waals surface area contributed by atoms with Crippen molar-refractivity contribution in [3.63, 3.8) is 0 Å². The molecule has 2 saturated carbocycles. The van der Waals surface area contributed by atoms with E-state index in [1.807, 2.05) is 6.07 Å². The van der Waals surface area contributed by atoms with Crippen molar-refractivity contribution in [3.05, 3.63) is 55.8 Å². The molecule has 0 aliphatic heterocycles. The molecule has 5 atom stereocenters. The maximum Gasteiger partial charge on any atom is 0.139 e. The highest BCUT2D eigenvalue weighted by Gasteiger charge is 2.54. The van der Waals surface area contributed by atoms with E-state index in [1.165, 1.54) is 11.1 Å². The zero-order chi connectivity index (χ0) is 19.0. The fourth-order valence-corrected chi connectivity index (χ4v) is 5.97. The number of ketones is 1. The molecule has 0 heterocycles. The summed E-state index contributed by atoms with van der Waals surface area (Å²) in [5.41, 5.74) is 20.9. The van der Waals surface area contributed by atoms with Crippen LogP contribution >= 0.6 is 0 Å². The first-order chi connectivity index (χ1) is 13.1. The Morgan fingerprint density at radius 1 is 1.22 bits per heavy atom. The molecular weight excluding hydrogens is 340 g/mol. The Balaban J connectivity index is 1.63.